The molecule has 1 aliphatic heterocycles. The van der Waals surface area contributed by atoms with Gasteiger partial charge in [-0.1, -0.05) is 39.8 Å². The zero-order valence-corrected chi connectivity index (χ0v) is 25.2. The van der Waals surface area contributed by atoms with Crippen molar-refractivity contribution in [3.8, 4) is 5.75 Å². The zero-order valence-electron chi connectivity index (χ0n) is 25.2. The number of hydrogen-bond donors (Lipinski definition) is 3. The average molecular weight is 598 g/mol. The highest BCUT2D eigenvalue weighted by molar-refractivity contribution is 6.68. The van der Waals surface area contributed by atoms with E-state index < -0.39 is 72.0 Å². The van der Waals surface area contributed by atoms with E-state index in [-0.39, 0.29) is 35.9 Å². The molecule has 0 unspecified atom stereocenters. The van der Waals surface area contributed by atoms with Crippen molar-refractivity contribution in [2.75, 3.05) is 6.61 Å². The number of amides is 1. The predicted molar refractivity (Wildman–Crippen MR) is 157 cm³/mol. The maximum Gasteiger partial charge on any atom is 0.479 e. The molecule has 1 amide bonds. The van der Waals surface area contributed by atoms with E-state index in [9.17, 15) is 29.6 Å². The maximum absolute atomic E-state index is 15.3. The van der Waals surface area contributed by atoms with Crippen LogP contribution in [0.4, 0.5) is 9.18 Å². The molecular weight excluding hydrogens is 558 g/mol. The lowest BCUT2D eigenvalue weighted by Gasteiger charge is -2.61. The minimum Gasteiger partial charge on any atom is -0.482 e. The number of hydrogen-bond acceptors (Lipinski definition) is 8. The number of ether oxygens (including phenoxy) is 2. The van der Waals surface area contributed by atoms with Gasteiger partial charge >= 0.3 is 19.1 Å². The lowest BCUT2D eigenvalue weighted by molar-refractivity contribution is -0.207. The van der Waals surface area contributed by atoms with Gasteiger partial charge in [0.2, 0.25) is 0 Å². The number of benzene rings is 1. The number of aliphatic hydroxyl groups is 1. The summed E-state index contributed by atoms with van der Waals surface area (Å²) in [6.45, 7) is 12.8. The molecular formula is C31H40BFN2O8. The van der Waals surface area contributed by atoms with Gasteiger partial charge in [-0.3, -0.25) is 4.79 Å². The number of aliphatic hydroxyl groups excluding tert-OH is 1. The average Bonchev–Trinajstić information content (AvgIpc) is 3.23. The van der Waals surface area contributed by atoms with Gasteiger partial charge in [0.05, 0.1) is 12.3 Å². The number of rotatable bonds is 5. The van der Waals surface area contributed by atoms with Crippen molar-refractivity contribution in [3.05, 3.63) is 35.9 Å². The van der Waals surface area contributed by atoms with E-state index in [1.54, 1.807) is 25.1 Å². The fraction of sp³-hybridized carbons (Fsp3) is 0.613. The Morgan fingerprint density at radius 1 is 1.28 bits per heavy atom. The van der Waals surface area contributed by atoms with Crippen LogP contribution in [-0.2, 0) is 14.3 Å². The summed E-state index contributed by atoms with van der Waals surface area (Å²) < 4.78 is 27.3. The molecule has 3 N–H and O–H groups in total. The number of esters is 1. The van der Waals surface area contributed by atoms with Gasteiger partial charge in [-0.15, -0.1) is 6.58 Å². The van der Waals surface area contributed by atoms with Crippen LogP contribution >= 0.6 is 0 Å². The van der Waals surface area contributed by atoms with Gasteiger partial charge in [-0.2, -0.15) is 5.10 Å². The Labute approximate surface area is 251 Å². The Hall–Kier alpha value is -3.25. The van der Waals surface area contributed by atoms with Crippen molar-refractivity contribution >= 4 is 36.6 Å². The fourth-order valence-electron chi connectivity index (χ4n) is 8.58. The highest BCUT2D eigenvalue weighted by Crippen LogP contribution is 2.68. The molecule has 9 atom stereocenters. The second-order valence-corrected chi connectivity index (χ2v) is 13.4. The monoisotopic (exact) mass is 598 g/mol. The predicted octanol–water partition coefficient (Wildman–Crippen LogP) is 3.24. The molecule has 1 heterocycles. The Bertz CT molecular complexity index is 1390. The number of ketones is 1. The number of nitrogens with zero attached hydrogens (tertiary/aromatic N) is 2. The summed E-state index contributed by atoms with van der Waals surface area (Å²) in [5.74, 6) is -2.11. The first kappa shape index (κ1) is 31.2. The summed E-state index contributed by atoms with van der Waals surface area (Å²) in [6.07, 6.45) is -0.308. The van der Waals surface area contributed by atoms with E-state index in [0.29, 0.717) is 28.9 Å². The number of carbonyl (C=O) groups is 3. The van der Waals surface area contributed by atoms with Crippen molar-refractivity contribution in [1.29, 1.82) is 0 Å². The van der Waals surface area contributed by atoms with Crippen LogP contribution in [0.3, 0.4) is 0 Å². The fourth-order valence-corrected chi connectivity index (χ4v) is 8.58. The Balaban J connectivity index is 1.44. The summed E-state index contributed by atoms with van der Waals surface area (Å²) >= 11 is 0. The first-order valence-corrected chi connectivity index (χ1v) is 14.8. The normalized spacial score (nSPS) is 38.5. The lowest BCUT2D eigenvalue weighted by atomic mass is 9.44. The minimum absolute atomic E-state index is 0.0432. The van der Waals surface area contributed by atoms with Crippen molar-refractivity contribution < 1.29 is 43.5 Å². The molecule has 0 aromatic heterocycles. The van der Waals surface area contributed by atoms with Crippen molar-refractivity contribution in [3.63, 3.8) is 0 Å². The summed E-state index contributed by atoms with van der Waals surface area (Å²) in [6, 6.07) is 3.20. The molecule has 1 aromatic carbocycles. The number of carboxylic acid groups (broad SMARTS) is 1. The molecule has 0 spiro atoms. The molecule has 10 nitrogen and oxygen atoms in total. The largest absolute Gasteiger partial charge is 0.482 e. The molecule has 0 saturated heterocycles. The van der Waals surface area contributed by atoms with Crippen LogP contribution in [0.25, 0.3) is 0 Å². The maximum atomic E-state index is 15.3. The molecule has 12 heteroatoms. The van der Waals surface area contributed by atoms with Gasteiger partial charge in [-0.25, -0.2) is 18.9 Å². The Morgan fingerprint density at radius 2 is 1.98 bits per heavy atom. The molecule has 3 aliphatic carbocycles. The van der Waals surface area contributed by atoms with Crippen LogP contribution in [-0.4, -0.2) is 76.3 Å². The van der Waals surface area contributed by atoms with E-state index >= 15 is 4.39 Å². The lowest BCUT2D eigenvalue weighted by Crippen LogP contribution is -2.63. The summed E-state index contributed by atoms with van der Waals surface area (Å²) in [5.41, 5.74) is -1.30. The third-order valence-corrected chi connectivity index (χ3v) is 11.4. The molecule has 3 saturated carbocycles. The first-order chi connectivity index (χ1) is 20.1. The zero-order chi connectivity index (χ0) is 31.6. The van der Waals surface area contributed by atoms with E-state index in [0.717, 1.165) is 0 Å². The molecule has 1 aromatic rings. The molecule has 2 bridgehead atoms. The number of fused-ring (bicyclic) bond motifs is 1. The van der Waals surface area contributed by atoms with Gasteiger partial charge in [-0.05, 0) is 72.5 Å². The second-order valence-electron chi connectivity index (χ2n) is 13.4. The third kappa shape index (κ3) is 4.59. The van der Waals surface area contributed by atoms with Crippen LogP contribution in [0.1, 0.15) is 64.5 Å². The molecule has 4 aliphatic rings. The van der Waals surface area contributed by atoms with Crippen LogP contribution in [0.5, 0.6) is 5.75 Å². The highest BCUT2D eigenvalue weighted by atomic mass is 19.1. The van der Waals surface area contributed by atoms with Crippen LogP contribution in [0, 0.1) is 40.9 Å². The number of carbonyl (C=O) groups excluding carboxylic acids is 2. The van der Waals surface area contributed by atoms with Crippen LogP contribution in [0.15, 0.2) is 29.9 Å². The van der Waals surface area contributed by atoms with Gasteiger partial charge in [0.25, 0.3) is 0 Å². The smallest absolute Gasteiger partial charge is 0.479 e. The number of alkyl halides is 1. The standard InChI is InChI=1S/C31H40BFN2O8/c1-7-29(5)13-22(30(6)16(2)10-11-31(18(4)27(29)38)12-20(33)25(37)26(30)31)43-23(36)15-42-21-9-8-19-14-34-35(28(39)40)32(41)24(19)17(21)3/h7-9,14,16,18,20,22,26-27,38,41H,1,10-13,15H2,2-6H3,(H,39,40)/t16-,18+,20+,22-,26+,27+,29-,30+,31+/m1/s1. The number of halogens is 1. The van der Waals surface area contributed by atoms with Crippen LogP contribution < -0.4 is 10.2 Å². The van der Waals surface area contributed by atoms with Gasteiger partial charge < -0.3 is 24.7 Å². The number of Topliss-reactive ketones (excluding diaryl/α,β-unsaturated/α-hetero) is 1. The topological polar surface area (TPSA) is 146 Å². The van der Waals surface area contributed by atoms with Crippen molar-refractivity contribution in [2.24, 2.45) is 39.1 Å². The minimum atomic E-state index is -1.64. The molecule has 5 rings (SSSR count). The van der Waals surface area contributed by atoms with Gasteiger partial charge in [0, 0.05) is 16.7 Å². The summed E-state index contributed by atoms with van der Waals surface area (Å²) in [7, 11) is -1.55. The highest BCUT2D eigenvalue weighted by Gasteiger charge is 2.70. The third-order valence-electron chi connectivity index (χ3n) is 11.4. The van der Waals surface area contributed by atoms with E-state index in [1.807, 2.05) is 27.7 Å². The van der Waals surface area contributed by atoms with Gasteiger partial charge in [0.1, 0.15) is 11.9 Å². The molecule has 0 radical (unpaired) electrons. The van der Waals surface area contributed by atoms with E-state index in [1.165, 1.54) is 6.21 Å². The first-order valence-electron chi connectivity index (χ1n) is 14.8. The Morgan fingerprint density at radius 3 is 2.63 bits per heavy atom. The molecule has 3 fully saturated rings. The van der Waals surface area contributed by atoms with E-state index in [2.05, 4.69) is 11.7 Å². The molecule has 43 heavy (non-hydrogen) atoms. The molecule has 232 valence electrons. The summed E-state index contributed by atoms with van der Waals surface area (Å²) in [4.78, 5) is 38.9. The summed E-state index contributed by atoms with van der Waals surface area (Å²) in [5, 5.41) is 35.3. The van der Waals surface area contributed by atoms with Gasteiger partial charge in [0.15, 0.2) is 18.6 Å². The van der Waals surface area contributed by atoms with Crippen LogP contribution in [0.2, 0.25) is 0 Å². The van der Waals surface area contributed by atoms with Crippen molar-refractivity contribution in [1.82, 2.24) is 4.92 Å². The Kier molecular flexibility index (Phi) is 7.78. The second kappa shape index (κ2) is 10.7. The quantitative estimate of drug-likeness (QED) is 0.266. The SMILES string of the molecule is C=C[C@]1(C)C[C@@H](OC(=O)COc2ccc3c(c2C)B(O)N(C(=O)O)N=C3)[C@]2(C)[C@H](C)CC[C@]3(C[C@H](F)C(=O)[C@H]32)[C@@H](C)[C@@H]1O. The van der Waals surface area contributed by atoms with Crippen molar-refractivity contribution in [2.45, 2.75) is 78.7 Å². The number of hydrazone groups is 1. The van der Waals surface area contributed by atoms with E-state index in [4.69, 9.17) is 9.47 Å².